The summed E-state index contributed by atoms with van der Waals surface area (Å²) in [4.78, 5) is 22.4. The van der Waals surface area contributed by atoms with Crippen molar-refractivity contribution in [2.75, 3.05) is 0 Å². The summed E-state index contributed by atoms with van der Waals surface area (Å²) in [5, 5.41) is 2.98. The van der Waals surface area contributed by atoms with Crippen molar-refractivity contribution in [2.24, 2.45) is 0 Å². The van der Waals surface area contributed by atoms with Crippen molar-refractivity contribution in [3.8, 4) is 11.1 Å². The summed E-state index contributed by atoms with van der Waals surface area (Å²) in [6.45, 7) is 0. The maximum Gasteiger partial charge on any atom is 0.258 e. The van der Waals surface area contributed by atoms with Gasteiger partial charge in [0.1, 0.15) is 16.0 Å². The smallest absolute Gasteiger partial charge is 0.258 e. The van der Waals surface area contributed by atoms with Gasteiger partial charge < -0.3 is 4.57 Å². The van der Waals surface area contributed by atoms with E-state index in [0.717, 1.165) is 10.6 Å². The molecule has 0 amide bonds. The number of nitrogens with zero attached hydrogens (tertiary/aromatic N) is 2. The quantitative estimate of drug-likeness (QED) is 0.281. The zero-order chi connectivity index (χ0) is 27.4. The van der Waals surface area contributed by atoms with Gasteiger partial charge in [-0.25, -0.2) is 9.88 Å². The van der Waals surface area contributed by atoms with E-state index >= 15 is 4.57 Å². The third-order valence-electron chi connectivity index (χ3n) is 6.97. The van der Waals surface area contributed by atoms with Gasteiger partial charge in [0.05, 0.1) is 0 Å². The average Bonchev–Trinajstić information content (AvgIpc) is 3.05. The fraction of sp³-hybridized carbons (Fsp3) is 0. The summed E-state index contributed by atoms with van der Waals surface area (Å²) in [6, 6.07) is 46.0. The van der Waals surface area contributed by atoms with E-state index in [-0.39, 0.29) is 0 Å². The molecule has 0 saturated carbocycles. The first-order chi connectivity index (χ1) is 19.6. The predicted molar refractivity (Wildman–Crippen MR) is 168 cm³/mol. The number of hydrogen-bond acceptors (Lipinski definition) is 4. The molecule has 0 spiro atoms. The lowest BCUT2D eigenvalue weighted by atomic mass is 10.1. The van der Waals surface area contributed by atoms with Gasteiger partial charge in [0.15, 0.2) is 7.14 Å². The minimum absolute atomic E-state index is 0.467. The Labute approximate surface area is 234 Å². The molecule has 1 N–H and O–H groups in total. The molecule has 4 nitrogen and oxygen atoms in total. The van der Waals surface area contributed by atoms with Crippen molar-refractivity contribution in [1.29, 1.82) is 0 Å². The Balaban J connectivity index is 1.66. The second-order valence-electron chi connectivity index (χ2n) is 9.34. The minimum Gasteiger partial charge on any atom is -0.307 e. The van der Waals surface area contributed by atoms with Crippen molar-refractivity contribution >= 4 is 46.7 Å². The molecule has 194 valence electrons. The molecule has 6 rings (SSSR count). The van der Waals surface area contributed by atoms with Gasteiger partial charge in [-0.2, -0.15) is 0 Å². The number of rotatable bonds is 7. The zero-order valence-electron chi connectivity index (χ0n) is 21.7. The standard InChI is InChI=1S/C34H27N2O2P2/c37-39(27-15-5-1-6-16-27,28-17-7-2-8-18-28)33-31(23-13-25-35-33)32-24-14-26-36-34(32)40(38,29-19-9-3-10-20-29)30-21-11-4-12-22-30/h1-26,37H/q+1. The Bertz CT molecular complexity index is 1700. The van der Waals surface area contributed by atoms with Crippen LogP contribution in [0.1, 0.15) is 0 Å². The molecule has 0 unspecified atom stereocenters. The van der Waals surface area contributed by atoms with E-state index in [1.165, 1.54) is 0 Å². The van der Waals surface area contributed by atoms with E-state index in [9.17, 15) is 4.89 Å². The highest BCUT2D eigenvalue weighted by molar-refractivity contribution is 7.91. The summed E-state index contributed by atoms with van der Waals surface area (Å²) < 4.78 is 15.4. The number of benzene rings is 4. The van der Waals surface area contributed by atoms with Crippen LogP contribution in [0.2, 0.25) is 0 Å². The van der Waals surface area contributed by atoms with Crippen LogP contribution in [0.15, 0.2) is 158 Å². The molecule has 0 bridgehead atoms. The third-order valence-corrected chi connectivity index (χ3v) is 13.0. The molecule has 4 aromatic carbocycles. The Morgan fingerprint density at radius 2 is 0.925 bits per heavy atom. The first-order valence-electron chi connectivity index (χ1n) is 13.0. The first-order valence-corrected chi connectivity index (χ1v) is 16.4. The van der Waals surface area contributed by atoms with Crippen LogP contribution in [-0.2, 0) is 4.57 Å². The molecule has 2 aromatic heterocycles. The molecule has 6 aromatic rings. The molecular weight excluding hydrogens is 530 g/mol. The van der Waals surface area contributed by atoms with E-state index < -0.39 is 14.6 Å². The maximum absolute atomic E-state index is 15.4. The second-order valence-corrected chi connectivity index (χ2v) is 14.7. The number of hydrogen-bond donors (Lipinski definition) is 1. The van der Waals surface area contributed by atoms with Gasteiger partial charge in [-0.05, 0) is 42.5 Å². The summed E-state index contributed by atoms with van der Waals surface area (Å²) in [5.41, 5.74) is 2.41. The fourth-order valence-corrected chi connectivity index (χ4v) is 10.6. The van der Waals surface area contributed by atoms with Gasteiger partial charge in [0.25, 0.3) is 7.49 Å². The Morgan fingerprint density at radius 1 is 0.500 bits per heavy atom. The van der Waals surface area contributed by atoms with Crippen molar-refractivity contribution in [3.63, 3.8) is 0 Å². The van der Waals surface area contributed by atoms with Gasteiger partial charge in [0, 0.05) is 34.1 Å². The Hall–Kier alpha value is -4.20. The zero-order valence-corrected chi connectivity index (χ0v) is 23.4. The molecule has 0 aliphatic carbocycles. The monoisotopic (exact) mass is 557 g/mol. The van der Waals surface area contributed by atoms with E-state index in [1.54, 1.807) is 12.4 Å². The molecule has 0 aliphatic heterocycles. The van der Waals surface area contributed by atoms with Crippen LogP contribution in [0.25, 0.3) is 11.1 Å². The molecule has 0 saturated heterocycles. The normalized spacial score (nSPS) is 11.7. The van der Waals surface area contributed by atoms with Gasteiger partial charge in [0.2, 0.25) is 5.44 Å². The SMILES string of the molecule is O=P(c1ccccc1)(c1ccccc1)c1ncccc1-c1cccnc1[P+](O)(c1ccccc1)c1ccccc1. The predicted octanol–water partition coefficient (Wildman–Crippen LogP) is 4.98. The van der Waals surface area contributed by atoms with Crippen LogP contribution < -0.4 is 32.1 Å². The summed E-state index contributed by atoms with van der Waals surface area (Å²) in [5.74, 6) is 0. The highest BCUT2D eigenvalue weighted by atomic mass is 31.2. The fourth-order valence-electron chi connectivity index (χ4n) is 5.07. The maximum atomic E-state index is 15.4. The van der Waals surface area contributed by atoms with Crippen molar-refractivity contribution < 1.29 is 9.46 Å². The van der Waals surface area contributed by atoms with Crippen LogP contribution >= 0.6 is 14.6 Å². The van der Waals surface area contributed by atoms with E-state index in [0.29, 0.717) is 32.6 Å². The van der Waals surface area contributed by atoms with Gasteiger partial charge >= 0.3 is 0 Å². The van der Waals surface area contributed by atoms with E-state index in [2.05, 4.69) is 0 Å². The minimum atomic E-state index is -3.40. The lowest BCUT2D eigenvalue weighted by Gasteiger charge is -2.24. The third kappa shape index (κ3) is 4.51. The van der Waals surface area contributed by atoms with Gasteiger partial charge in [-0.15, -0.1) is 0 Å². The van der Waals surface area contributed by atoms with E-state index in [4.69, 9.17) is 9.97 Å². The highest BCUT2D eigenvalue weighted by Crippen LogP contribution is 2.53. The summed E-state index contributed by atoms with van der Waals surface area (Å²) in [7, 11) is -6.58. The molecule has 2 heterocycles. The first kappa shape index (κ1) is 26.0. The topological polar surface area (TPSA) is 63.1 Å². The molecule has 0 aliphatic rings. The Morgan fingerprint density at radius 3 is 1.43 bits per heavy atom. The lowest BCUT2D eigenvalue weighted by molar-refractivity contribution is 0.592. The highest BCUT2D eigenvalue weighted by Gasteiger charge is 2.48. The molecule has 0 fully saturated rings. The van der Waals surface area contributed by atoms with Crippen LogP contribution in [0.5, 0.6) is 0 Å². The largest absolute Gasteiger partial charge is 0.307 e. The number of pyridine rings is 2. The molecule has 0 radical (unpaired) electrons. The summed E-state index contributed by atoms with van der Waals surface area (Å²) >= 11 is 0. The van der Waals surface area contributed by atoms with Crippen LogP contribution in [0.4, 0.5) is 0 Å². The van der Waals surface area contributed by atoms with Crippen LogP contribution in [0, 0.1) is 0 Å². The van der Waals surface area contributed by atoms with E-state index in [1.807, 2.05) is 146 Å². The number of aromatic nitrogens is 2. The second kappa shape index (κ2) is 11.1. The molecule has 0 atom stereocenters. The van der Waals surface area contributed by atoms with Crippen molar-refractivity contribution in [3.05, 3.63) is 158 Å². The molecule has 40 heavy (non-hydrogen) atoms. The lowest BCUT2D eigenvalue weighted by Crippen LogP contribution is -2.35. The van der Waals surface area contributed by atoms with Crippen LogP contribution in [0.3, 0.4) is 0 Å². The van der Waals surface area contributed by atoms with Crippen LogP contribution in [-0.4, -0.2) is 14.9 Å². The van der Waals surface area contributed by atoms with Crippen molar-refractivity contribution in [2.45, 2.75) is 0 Å². The Kier molecular flexibility index (Phi) is 7.24. The average molecular weight is 558 g/mol. The molecular formula is C34H27N2O2P2+. The van der Waals surface area contributed by atoms with Gasteiger partial charge in [-0.1, -0.05) is 103 Å². The summed E-state index contributed by atoms with van der Waals surface area (Å²) in [6.07, 6.45) is 3.39. The molecule has 6 heteroatoms. The van der Waals surface area contributed by atoms with Crippen molar-refractivity contribution in [1.82, 2.24) is 9.97 Å². The van der Waals surface area contributed by atoms with Gasteiger partial charge in [-0.3, -0.25) is 4.98 Å².